The summed E-state index contributed by atoms with van der Waals surface area (Å²) >= 11 is 0. The molecule has 1 aromatic heterocycles. The zero-order valence-electron chi connectivity index (χ0n) is 26.6. The molecule has 10 aromatic rings. The van der Waals surface area contributed by atoms with Gasteiger partial charge in [-0.05, 0) is 95.0 Å². The van der Waals surface area contributed by atoms with Crippen LogP contribution in [0.2, 0.25) is 0 Å². The Morgan fingerprint density at radius 1 is 0.347 bits per heavy atom. The lowest BCUT2D eigenvalue weighted by Crippen LogP contribution is -1.94. The minimum Gasteiger partial charge on any atom is -0.436 e. The fraction of sp³-hybridized carbons (Fsp3) is 0. The summed E-state index contributed by atoms with van der Waals surface area (Å²) in [5.74, 6) is 0.632. The molecule has 0 radical (unpaired) electrons. The third-order valence-electron chi connectivity index (χ3n) is 9.91. The van der Waals surface area contributed by atoms with Gasteiger partial charge in [0, 0.05) is 5.56 Å². The molecule has 0 aliphatic heterocycles. The third kappa shape index (κ3) is 4.38. The van der Waals surface area contributed by atoms with Crippen molar-refractivity contribution >= 4 is 43.4 Å². The molecular formula is C47H29NO. The van der Waals surface area contributed by atoms with Crippen molar-refractivity contribution in [3.05, 3.63) is 176 Å². The molecule has 49 heavy (non-hydrogen) atoms. The molecule has 0 aliphatic rings. The molecule has 0 saturated carbocycles. The molecule has 0 amide bonds. The largest absolute Gasteiger partial charge is 0.436 e. The molecule has 2 heteroatoms. The summed E-state index contributed by atoms with van der Waals surface area (Å²) < 4.78 is 6.50. The van der Waals surface area contributed by atoms with Crippen molar-refractivity contribution in [1.29, 1.82) is 0 Å². The molecule has 0 atom stereocenters. The second kappa shape index (κ2) is 11.0. The lowest BCUT2D eigenvalue weighted by molar-refractivity contribution is 0.620. The van der Waals surface area contributed by atoms with E-state index < -0.39 is 0 Å². The van der Waals surface area contributed by atoms with E-state index >= 15 is 0 Å². The molecule has 0 aliphatic carbocycles. The van der Waals surface area contributed by atoms with Crippen LogP contribution in [0.15, 0.2) is 180 Å². The summed E-state index contributed by atoms with van der Waals surface area (Å²) in [6.45, 7) is 0. The topological polar surface area (TPSA) is 26.0 Å². The second-order valence-electron chi connectivity index (χ2n) is 12.6. The van der Waals surface area contributed by atoms with Gasteiger partial charge in [0.05, 0.1) is 0 Å². The highest BCUT2D eigenvalue weighted by molar-refractivity contribution is 6.30. The van der Waals surface area contributed by atoms with Gasteiger partial charge in [0.25, 0.3) is 0 Å². The zero-order valence-corrected chi connectivity index (χ0v) is 26.6. The molecule has 0 spiro atoms. The van der Waals surface area contributed by atoms with Crippen LogP contribution < -0.4 is 0 Å². The average Bonchev–Trinajstić information content (AvgIpc) is 3.62. The Morgan fingerprint density at radius 3 is 1.53 bits per heavy atom. The second-order valence-corrected chi connectivity index (χ2v) is 12.6. The number of hydrogen-bond acceptors (Lipinski definition) is 2. The standard InChI is InChI=1S/C47H29NO/c1-3-13-30(14-4-1)33-17-7-9-19-35(33)37-25-23-32-24-26-39-41(36-20-10-8-18-34(36)31-15-5-2-6-16-31)29-42(40-28-27-38(37)45(32)46(39)40)47-48-43-21-11-12-22-44(43)49-47/h1-29H. The number of oxazole rings is 1. The fourth-order valence-corrected chi connectivity index (χ4v) is 7.69. The quantitative estimate of drug-likeness (QED) is 0.178. The van der Waals surface area contributed by atoms with Crippen molar-refractivity contribution in [2.24, 2.45) is 0 Å². The maximum atomic E-state index is 6.50. The number of fused-ring (bicyclic) bond motifs is 1. The maximum absolute atomic E-state index is 6.50. The summed E-state index contributed by atoms with van der Waals surface area (Å²) in [4.78, 5) is 5.02. The van der Waals surface area contributed by atoms with E-state index in [0.29, 0.717) is 5.89 Å². The van der Waals surface area contributed by atoms with E-state index in [2.05, 4.69) is 152 Å². The monoisotopic (exact) mass is 623 g/mol. The van der Waals surface area contributed by atoms with E-state index in [1.807, 2.05) is 24.3 Å². The highest BCUT2D eigenvalue weighted by Gasteiger charge is 2.22. The Labute approximate surface area is 283 Å². The predicted octanol–water partition coefficient (Wildman–Crippen LogP) is 13.1. The van der Waals surface area contributed by atoms with Crippen LogP contribution in [-0.4, -0.2) is 4.98 Å². The summed E-state index contributed by atoms with van der Waals surface area (Å²) in [7, 11) is 0. The number of hydrogen-bond donors (Lipinski definition) is 0. The van der Waals surface area contributed by atoms with Gasteiger partial charge in [-0.2, -0.15) is 0 Å². The van der Waals surface area contributed by atoms with Gasteiger partial charge in [0.1, 0.15) is 5.52 Å². The van der Waals surface area contributed by atoms with Crippen LogP contribution in [0.1, 0.15) is 0 Å². The number of nitrogens with zero attached hydrogens (tertiary/aromatic N) is 1. The third-order valence-corrected chi connectivity index (χ3v) is 9.91. The number of aromatic nitrogens is 1. The van der Waals surface area contributed by atoms with E-state index in [9.17, 15) is 0 Å². The van der Waals surface area contributed by atoms with Crippen molar-refractivity contribution in [1.82, 2.24) is 4.98 Å². The highest BCUT2D eigenvalue weighted by Crippen LogP contribution is 2.48. The zero-order chi connectivity index (χ0) is 32.3. The Bertz CT molecular complexity index is 2780. The van der Waals surface area contributed by atoms with Crippen LogP contribution >= 0.6 is 0 Å². The van der Waals surface area contributed by atoms with Gasteiger partial charge < -0.3 is 4.42 Å². The van der Waals surface area contributed by atoms with E-state index in [0.717, 1.165) is 27.6 Å². The van der Waals surface area contributed by atoms with Crippen molar-refractivity contribution in [2.45, 2.75) is 0 Å². The lowest BCUT2D eigenvalue weighted by atomic mass is 9.83. The average molecular weight is 624 g/mol. The van der Waals surface area contributed by atoms with Crippen LogP contribution in [0.4, 0.5) is 0 Å². The molecule has 0 fully saturated rings. The molecule has 228 valence electrons. The minimum absolute atomic E-state index is 0.632. The van der Waals surface area contributed by atoms with Crippen molar-refractivity contribution in [3.8, 4) is 56.0 Å². The van der Waals surface area contributed by atoms with Crippen molar-refractivity contribution in [2.75, 3.05) is 0 Å². The van der Waals surface area contributed by atoms with Crippen LogP contribution in [0, 0.1) is 0 Å². The molecule has 0 N–H and O–H groups in total. The minimum atomic E-state index is 0.632. The number of rotatable bonds is 5. The Hall–Kier alpha value is -6.51. The Kier molecular flexibility index (Phi) is 6.22. The highest BCUT2D eigenvalue weighted by atomic mass is 16.3. The van der Waals surface area contributed by atoms with E-state index in [1.54, 1.807) is 0 Å². The molecule has 0 saturated heterocycles. The molecule has 9 aromatic carbocycles. The number of para-hydroxylation sites is 2. The van der Waals surface area contributed by atoms with Gasteiger partial charge in [-0.1, -0.05) is 158 Å². The molecular weight excluding hydrogens is 595 g/mol. The molecule has 1 heterocycles. The van der Waals surface area contributed by atoms with Crippen LogP contribution in [0.5, 0.6) is 0 Å². The lowest BCUT2D eigenvalue weighted by Gasteiger charge is -2.20. The molecule has 0 bridgehead atoms. The predicted molar refractivity (Wildman–Crippen MR) is 205 cm³/mol. The van der Waals surface area contributed by atoms with Crippen LogP contribution in [0.25, 0.3) is 99.4 Å². The van der Waals surface area contributed by atoms with Gasteiger partial charge in [-0.15, -0.1) is 0 Å². The normalized spacial score (nSPS) is 11.7. The van der Waals surface area contributed by atoms with Gasteiger partial charge in [-0.25, -0.2) is 4.98 Å². The van der Waals surface area contributed by atoms with Gasteiger partial charge >= 0.3 is 0 Å². The summed E-state index contributed by atoms with van der Waals surface area (Å²) in [5, 5.41) is 7.28. The fourth-order valence-electron chi connectivity index (χ4n) is 7.69. The molecule has 0 unspecified atom stereocenters. The summed E-state index contributed by atoms with van der Waals surface area (Å²) in [5.41, 5.74) is 12.2. The van der Waals surface area contributed by atoms with Gasteiger partial charge in [0.15, 0.2) is 5.58 Å². The smallest absolute Gasteiger partial charge is 0.227 e. The maximum Gasteiger partial charge on any atom is 0.227 e. The molecule has 10 rings (SSSR count). The Balaban J connectivity index is 1.32. The first-order chi connectivity index (χ1) is 24.3. The van der Waals surface area contributed by atoms with Crippen molar-refractivity contribution in [3.63, 3.8) is 0 Å². The Morgan fingerprint density at radius 2 is 0.857 bits per heavy atom. The SMILES string of the molecule is c1ccc(-c2ccccc2-c2ccc3ccc4c(-c5ccccc5-c5ccccc5)cc(-c5nc6ccccc6o5)c5ccc2c3c54)cc1. The van der Waals surface area contributed by atoms with Gasteiger partial charge in [0.2, 0.25) is 5.89 Å². The van der Waals surface area contributed by atoms with Crippen molar-refractivity contribution < 1.29 is 4.42 Å². The van der Waals surface area contributed by atoms with Gasteiger partial charge in [-0.3, -0.25) is 0 Å². The van der Waals surface area contributed by atoms with E-state index in [4.69, 9.17) is 9.40 Å². The first kappa shape index (κ1) is 27.6. The van der Waals surface area contributed by atoms with Crippen LogP contribution in [0.3, 0.4) is 0 Å². The van der Waals surface area contributed by atoms with E-state index in [-0.39, 0.29) is 0 Å². The summed E-state index contributed by atoms with van der Waals surface area (Å²) in [6.07, 6.45) is 0. The molecule has 2 nitrogen and oxygen atoms in total. The van der Waals surface area contributed by atoms with E-state index in [1.165, 1.54) is 65.9 Å². The summed E-state index contributed by atoms with van der Waals surface area (Å²) in [6, 6.07) is 62.8. The first-order valence-corrected chi connectivity index (χ1v) is 16.7. The van der Waals surface area contributed by atoms with Crippen LogP contribution in [-0.2, 0) is 0 Å². The first-order valence-electron chi connectivity index (χ1n) is 16.7. The number of benzene rings is 9.